The van der Waals surface area contributed by atoms with Crippen LogP contribution in [0, 0.1) is 11.3 Å². The van der Waals surface area contributed by atoms with Gasteiger partial charge in [0.15, 0.2) is 0 Å². The first-order valence-electron chi connectivity index (χ1n) is 7.84. The Morgan fingerprint density at radius 2 is 2.04 bits per heavy atom. The molecule has 1 aromatic carbocycles. The van der Waals surface area contributed by atoms with Crippen LogP contribution < -0.4 is 0 Å². The predicted octanol–water partition coefficient (Wildman–Crippen LogP) is 1.79. The lowest BCUT2D eigenvalue weighted by molar-refractivity contribution is -0.131. The number of hydrogen-bond donors (Lipinski definition) is 0. The molecule has 6 nitrogen and oxygen atoms in total. The molecule has 0 aliphatic carbocycles. The molecule has 2 aliphatic heterocycles. The maximum Gasteiger partial charge on any atom is 0.289 e. The molecule has 2 aliphatic rings. The maximum atomic E-state index is 12.3. The summed E-state index contributed by atoms with van der Waals surface area (Å²) in [6.07, 6.45) is 1.65. The van der Waals surface area contributed by atoms with Crippen LogP contribution in [0.2, 0.25) is 0 Å². The molecule has 1 atom stereocenters. The van der Waals surface area contributed by atoms with Gasteiger partial charge in [0.05, 0.1) is 23.4 Å². The Labute approximate surface area is 144 Å². The molecule has 7 heteroatoms. The van der Waals surface area contributed by atoms with Gasteiger partial charge in [-0.15, -0.1) is 0 Å². The number of rotatable bonds is 4. The van der Waals surface area contributed by atoms with Crippen molar-refractivity contribution in [2.24, 2.45) is 0 Å². The van der Waals surface area contributed by atoms with Gasteiger partial charge < -0.3 is 4.90 Å². The summed E-state index contributed by atoms with van der Waals surface area (Å²) in [5, 5.41) is 8.58. The fraction of sp³-hybridized carbons (Fsp3) is 0.412. The summed E-state index contributed by atoms with van der Waals surface area (Å²) in [5.74, 6) is 0.0950. The Bertz CT molecular complexity index is 695. The highest BCUT2D eigenvalue weighted by atomic mass is 32.2. The van der Waals surface area contributed by atoms with Gasteiger partial charge in [0.2, 0.25) is 11.8 Å². The van der Waals surface area contributed by atoms with Crippen molar-refractivity contribution in [2.45, 2.75) is 25.3 Å². The molecule has 24 heavy (non-hydrogen) atoms. The molecule has 0 unspecified atom stereocenters. The number of benzene rings is 1. The zero-order valence-electron chi connectivity index (χ0n) is 13.1. The highest BCUT2D eigenvalue weighted by Gasteiger charge is 2.39. The molecule has 2 fully saturated rings. The van der Waals surface area contributed by atoms with Crippen molar-refractivity contribution in [2.75, 3.05) is 18.8 Å². The number of amides is 3. The Balaban J connectivity index is 1.52. The Morgan fingerprint density at radius 1 is 1.29 bits per heavy atom. The number of hydrogen-bond acceptors (Lipinski definition) is 5. The van der Waals surface area contributed by atoms with Crippen LogP contribution in [0.4, 0.5) is 4.79 Å². The Kier molecular flexibility index (Phi) is 4.86. The Morgan fingerprint density at radius 3 is 2.67 bits per heavy atom. The van der Waals surface area contributed by atoms with Crippen LogP contribution in [0.3, 0.4) is 0 Å². The van der Waals surface area contributed by atoms with Crippen molar-refractivity contribution < 1.29 is 14.4 Å². The van der Waals surface area contributed by atoms with Crippen molar-refractivity contribution in [1.82, 2.24) is 9.80 Å². The molecule has 0 spiro atoms. The molecule has 0 N–H and O–H groups in total. The van der Waals surface area contributed by atoms with E-state index in [9.17, 15) is 14.4 Å². The summed E-state index contributed by atoms with van der Waals surface area (Å²) in [5.41, 5.74) is 1.62. The van der Waals surface area contributed by atoms with E-state index in [0.29, 0.717) is 37.9 Å². The lowest BCUT2D eigenvalue weighted by Gasteiger charge is -2.22. The fourth-order valence-corrected chi connectivity index (χ4v) is 3.83. The van der Waals surface area contributed by atoms with E-state index in [1.165, 1.54) is 4.90 Å². The second-order valence-corrected chi connectivity index (χ2v) is 6.84. The normalized spacial score (nSPS) is 20.5. The van der Waals surface area contributed by atoms with Gasteiger partial charge in [0.1, 0.15) is 0 Å². The number of thioether (sulfide) groups is 1. The summed E-state index contributed by atoms with van der Waals surface area (Å²) < 4.78 is 0. The van der Waals surface area contributed by atoms with Crippen LogP contribution >= 0.6 is 11.8 Å². The summed E-state index contributed by atoms with van der Waals surface area (Å²) in [6.45, 7) is 1.02. The minimum atomic E-state index is -0.197. The van der Waals surface area contributed by atoms with Crippen LogP contribution in [-0.4, -0.2) is 51.7 Å². The van der Waals surface area contributed by atoms with E-state index >= 15 is 0 Å². The molecule has 124 valence electrons. The zero-order chi connectivity index (χ0) is 17.1. The van der Waals surface area contributed by atoms with Crippen LogP contribution in [0.25, 0.3) is 0 Å². The number of carbonyl (C=O) groups is 3. The Hall–Kier alpha value is -2.33. The number of imide groups is 1. The first-order valence-corrected chi connectivity index (χ1v) is 8.82. The molecule has 0 saturated carbocycles. The number of aryl methyl sites for hydroxylation is 1. The van der Waals surface area contributed by atoms with Gasteiger partial charge in [-0.25, -0.2) is 0 Å². The number of nitriles is 1. The van der Waals surface area contributed by atoms with Gasteiger partial charge in [-0.2, -0.15) is 5.26 Å². The van der Waals surface area contributed by atoms with E-state index in [1.807, 2.05) is 12.1 Å². The lowest BCUT2D eigenvalue weighted by atomic mass is 10.1. The molecule has 3 rings (SSSR count). The van der Waals surface area contributed by atoms with Crippen LogP contribution in [-0.2, 0) is 16.0 Å². The third-order valence-corrected chi connectivity index (χ3v) is 5.21. The van der Waals surface area contributed by atoms with Gasteiger partial charge in [0, 0.05) is 19.5 Å². The SMILES string of the molecule is N#Cc1ccc(CCC(=O)N2CC[C@H](N3C(=O)CSC3=O)C2)cc1. The monoisotopic (exact) mass is 343 g/mol. The molecule has 2 heterocycles. The summed E-state index contributed by atoms with van der Waals surface area (Å²) in [6, 6.07) is 9.09. The van der Waals surface area contributed by atoms with Gasteiger partial charge in [-0.1, -0.05) is 23.9 Å². The molecule has 0 radical (unpaired) electrons. The third-order valence-electron chi connectivity index (χ3n) is 4.38. The van der Waals surface area contributed by atoms with E-state index in [-0.39, 0.29) is 28.8 Å². The second-order valence-electron chi connectivity index (χ2n) is 5.91. The van der Waals surface area contributed by atoms with Crippen molar-refractivity contribution >= 4 is 28.8 Å². The van der Waals surface area contributed by atoms with Gasteiger partial charge in [0.25, 0.3) is 5.24 Å². The first-order chi connectivity index (χ1) is 11.6. The molecule has 0 aromatic heterocycles. The summed E-state index contributed by atoms with van der Waals surface area (Å²) >= 11 is 1.03. The number of likely N-dealkylation sites (tertiary alicyclic amines) is 1. The number of nitrogens with zero attached hydrogens (tertiary/aromatic N) is 3. The second kappa shape index (κ2) is 7.05. The predicted molar refractivity (Wildman–Crippen MR) is 89.2 cm³/mol. The van der Waals surface area contributed by atoms with Crippen LogP contribution in [0.5, 0.6) is 0 Å². The van der Waals surface area contributed by atoms with E-state index in [4.69, 9.17) is 5.26 Å². The summed E-state index contributed by atoms with van der Waals surface area (Å²) in [7, 11) is 0. The molecule has 2 saturated heterocycles. The van der Waals surface area contributed by atoms with Crippen molar-refractivity contribution in [3.8, 4) is 6.07 Å². The first kappa shape index (κ1) is 16.5. The minimum Gasteiger partial charge on any atom is -0.341 e. The molecular weight excluding hydrogens is 326 g/mol. The molecule has 3 amide bonds. The van der Waals surface area contributed by atoms with Crippen LogP contribution in [0.1, 0.15) is 24.0 Å². The van der Waals surface area contributed by atoms with Crippen molar-refractivity contribution in [3.05, 3.63) is 35.4 Å². The smallest absolute Gasteiger partial charge is 0.289 e. The zero-order valence-corrected chi connectivity index (χ0v) is 13.9. The van der Waals surface area contributed by atoms with E-state index in [1.54, 1.807) is 17.0 Å². The molecule has 1 aromatic rings. The standard InChI is InChI=1S/C17H17N3O3S/c18-9-13-3-1-12(2-4-13)5-6-15(21)19-8-7-14(10-19)20-16(22)11-24-17(20)23/h1-4,14H,5-8,10-11H2/t14-/m0/s1. The topological polar surface area (TPSA) is 81.5 Å². The minimum absolute atomic E-state index is 0.0357. The van der Waals surface area contributed by atoms with Crippen molar-refractivity contribution in [1.29, 1.82) is 5.26 Å². The lowest BCUT2D eigenvalue weighted by Crippen LogP contribution is -2.41. The van der Waals surface area contributed by atoms with Gasteiger partial charge in [-0.3, -0.25) is 19.3 Å². The van der Waals surface area contributed by atoms with E-state index in [0.717, 1.165) is 17.3 Å². The third kappa shape index (κ3) is 3.44. The van der Waals surface area contributed by atoms with E-state index in [2.05, 4.69) is 6.07 Å². The van der Waals surface area contributed by atoms with E-state index < -0.39 is 0 Å². The fourth-order valence-electron chi connectivity index (χ4n) is 3.05. The molecule has 0 bridgehead atoms. The maximum absolute atomic E-state index is 12.3. The van der Waals surface area contributed by atoms with Gasteiger partial charge in [-0.05, 0) is 30.5 Å². The highest BCUT2D eigenvalue weighted by Crippen LogP contribution is 2.26. The molecular formula is C17H17N3O3S. The summed E-state index contributed by atoms with van der Waals surface area (Å²) in [4.78, 5) is 38.9. The van der Waals surface area contributed by atoms with Crippen molar-refractivity contribution in [3.63, 3.8) is 0 Å². The van der Waals surface area contributed by atoms with Gasteiger partial charge >= 0.3 is 0 Å². The number of carbonyl (C=O) groups excluding carboxylic acids is 3. The van der Waals surface area contributed by atoms with Crippen LogP contribution in [0.15, 0.2) is 24.3 Å². The quantitative estimate of drug-likeness (QED) is 0.832. The average molecular weight is 343 g/mol. The average Bonchev–Trinajstić information content (AvgIpc) is 3.20. The highest BCUT2D eigenvalue weighted by molar-refractivity contribution is 8.14. The largest absolute Gasteiger partial charge is 0.341 e.